The quantitative estimate of drug-likeness (QED) is 0.892. The van der Waals surface area contributed by atoms with Crippen LogP contribution < -0.4 is 15.0 Å². The molecular formula is C19H18F2N2O3. The third kappa shape index (κ3) is 3.82. The van der Waals surface area contributed by atoms with Gasteiger partial charge in [-0.25, -0.2) is 8.78 Å². The molecule has 26 heavy (non-hydrogen) atoms. The molecule has 3 rings (SSSR count). The topological polar surface area (TPSA) is 58.6 Å². The summed E-state index contributed by atoms with van der Waals surface area (Å²) in [6.07, 6.45) is 0.0871. The number of hydrogen-bond donors (Lipinski definition) is 1. The van der Waals surface area contributed by atoms with Crippen LogP contribution in [0.25, 0.3) is 0 Å². The van der Waals surface area contributed by atoms with Crippen LogP contribution in [0.2, 0.25) is 0 Å². The molecule has 1 aliphatic rings. The lowest BCUT2D eigenvalue weighted by molar-refractivity contribution is -0.126. The van der Waals surface area contributed by atoms with Gasteiger partial charge in [0.1, 0.15) is 17.4 Å². The summed E-state index contributed by atoms with van der Waals surface area (Å²) >= 11 is 0. The number of ether oxygens (including phenoxy) is 1. The van der Waals surface area contributed by atoms with Gasteiger partial charge in [0.05, 0.1) is 13.0 Å². The first kappa shape index (κ1) is 17.8. The lowest BCUT2D eigenvalue weighted by Gasteiger charge is -2.17. The van der Waals surface area contributed by atoms with Crippen LogP contribution in [0.5, 0.6) is 5.75 Å². The maximum Gasteiger partial charge on any atom is 0.227 e. The molecule has 1 fully saturated rings. The second kappa shape index (κ2) is 7.51. The Hall–Kier alpha value is -2.96. The number of amides is 2. The first-order valence-corrected chi connectivity index (χ1v) is 8.14. The molecule has 1 aliphatic heterocycles. The van der Waals surface area contributed by atoms with Crippen molar-refractivity contribution in [1.29, 1.82) is 0 Å². The van der Waals surface area contributed by atoms with Crippen molar-refractivity contribution in [3.63, 3.8) is 0 Å². The van der Waals surface area contributed by atoms with Gasteiger partial charge < -0.3 is 15.0 Å². The maximum atomic E-state index is 13.6. The first-order chi connectivity index (χ1) is 12.5. The second-order valence-electron chi connectivity index (χ2n) is 6.06. The molecule has 0 aromatic heterocycles. The van der Waals surface area contributed by atoms with Crippen LogP contribution in [0.1, 0.15) is 12.0 Å². The number of anilines is 1. The van der Waals surface area contributed by atoms with Crippen molar-refractivity contribution >= 4 is 17.5 Å². The molecule has 136 valence electrons. The van der Waals surface area contributed by atoms with E-state index in [0.29, 0.717) is 11.4 Å². The Balaban J connectivity index is 1.61. The van der Waals surface area contributed by atoms with Gasteiger partial charge in [-0.3, -0.25) is 9.59 Å². The van der Waals surface area contributed by atoms with Crippen LogP contribution in [-0.2, 0) is 16.1 Å². The zero-order valence-corrected chi connectivity index (χ0v) is 14.2. The molecule has 1 saturated heterocycles. The summed E-state index contributed by atoms with van der Waals surface area (Å²) in [5.74, 6) is -1.72. The van der Waals surface area contributed by atoms with Crippen LogP contribution in [0.15, 0.2) is 42.5 Å². The Morgan fingerprint density at radius 1 is 1.23 bits per heavy atom. The molecule has 7 heteroatoms. The average molecular weight is 360 g/mol. The SMILES string of the molecule is COc1ccc(N2CC(C(=O)NCc3ccc(F)cc3F)CC2=O)cc1. The van der Waals surface area contributed by atoms with E-state index in [-0.39, 0.29) is 36.9 Å². The molecule has 1 unspecified atom stereocenters. The fourth-order valence-corrected chi connectivity index (χ4v) is 2.89. The molecule has 1 N–H and O–H groups in total. The van der Waals surface area contributed by atoms with Crippen LogP contribution >= 0.6 is 0 Å². The van der Waals surface area contributed by atoms with Crippen molar-refractivity contribution in [2.75, 3.05) is 18.6 Å². The Bertz CT molecular complexity index is 824. The number of rotatable bonds is 5. The fourth-order valence-electron chi connectivity index (χ4n) is 2.89. The molecule has 5 nitrogen and oxygen atoms in total. The minimum atomic E-state index is -0.715. The predicted octanol–water partition coefficient (Wildman–Crippen LogP) is 2.64. The van der Waals surface area contributed by atoms with Gasteiger partial charge in [-0.1, -0.05) is 6.07 Å². The van der Waals surface area contributed by atoms with Gasteiger partial charge in [0.25, 0.3) is 0 Å². The van der Waals surface area contributed by atoms with Gasteiger partial charge >= 0.3 is 0 Å². The van der Waals surface area contributed by atoms with E-state index in [4.69, 9.17) is 4.74 Å². The number of carbonyl (C=O) groups excluding carboxylic acids is 2. The molecule has 0 saturated carbocycles. The van der Waals surface area contributed by atoms with Crippen LogP contribution in [0.4, 0.5) is 14.5 Å². The zero-order chi connectivity index (χ0) is 18.7. The van der Waals surface area contributed by atoms with Crippen LogP contribution in [0.3, 0.4) is 0 Å². The summed E-state index contributed by atoms with van der Waals surface area (Å²) in [7, 11) is 1.56. The van der Waals surface area contributed by atoms with Gasteiger partial charge in [-0.05, 0) is 30.3 Å². The molecule has 2 aromatic carbocycles. The third-order valence-electron chi connectivity index (χ3n) is 4.35. The summed E-state index contributed by atoms with van der Waals surface area (Å²) in [6.45, 7) is 0.196. The van der Waals surface area contributed by atoms with Gasteiger partial charge in [-0.15, -0.1) is 0 Å². The van der Waals surface area contributed by atoms with Gasteiger partial charge in [-0.2, -0.15) is 0 Å². The fraction of sp³-hybridized carbons (Fsp3) is 0.263. The maximum absolute atomic E-state index is 13.6. The Labute approximate surface area is 149 Å². The third-order valence-corrected chi connectivity index (χ3v) is 4.35. The molecular weight excluding hydrogens is 342 g/mol. The molecule has 2 aromatic rings. The first-order valence-electron chi connectivity index (χ1n) is 8.14. The molecule has 0 bridgehead atoms. The molecule has 0 radical (unpaired) electrons. The second-order valence-corrected chi connectivity index (χ2v) is 6.06. The summed E-state index contributed by atoms with van der Waals surface area (Å²) < 4.78 is 31.6. The van der Waals surface area contributed by atoms with Crippen LogP contribution in [0, 0.1) is 17.6 Å². The van der Waals surface area contributed by atoms with E-state index in [1.807, 2.05) is 0 Å². The van der Waals surface area contributed by atoms with Gasteiger partial charge in [0.15, 0.2) is 0 Å². The Kier molecular flexibility index (Phi) is 5.16. The van der Waals surface area contributed by atoms with E-state index < -0.39 is 17.6 Å². The van der Waals surface area contributed by atoms with Gasteiger partial charge in [0.2, 0.25) is 11.8 Å². The smallest absolute Gasteiger partial charge is 0.227 e. The van der Waals surface area contributed by atoms with Crippen molar-refractivity contribution in [3.8, 4) is 5.75 Å². The summed E-state index contributed by atoms with van der Waals surface area (Å²) in [6, 6.07) is 10.2. The largest absolute Gasteiger partial charge is 0.497 e. The standard InChI is InChI=1S/C19H18F2N2O3/c1-26-16-6-4-15(5-7-16)23-11-13(8-18(23)24)19(25)22-10-12-2-3-14(20)9-17(12)21/h2-7,9,13H,8,10-11H2,1H3,(H,22,25). The highest BCUT2D eigenvalue weighted by molar-refractivity contribution is 6.00. The predicted molar refractivity (Wildman–Crippen MR) is 91.7 cm³/mol. The number of halogens is 2. The van der Waals surface area contributed by atoms with Crippen LogP contribution in [-0.4, -0.2) is 25.5 Å². The van der Waals surface area contributed by atoms with E-state index in [1.54, 1.807) is 36.3 Å². The summed E-state index contributed by atoms with van der Waals surface area (Å²) in [5, 5.41) is 2.61. The number of hydrogen-bond acceptors (Lipinski definition) is 3. The van der Waals surface area contributed by atoms with E-state index in [9.17, 15) is 18.4 Å². The number of benzene rings is 2. The molecule has 2 amide bonds. The average Bonchev–Trinajstić information content (AvgIpc) is 3.02. The van der Waals surface area contributed by atoms with Crippen molar-refractivity contribution < 1.29 is 23.1 Å². The molecule has 1 atom stereocenters. The van der Waals surface area contributed by atoms with Crippen molar-refractivity contribution in [2.45, 2.75) is 13.0 Å². The van der Waals surface area contributed by atoms with E-state index >= 15 is 0 Å². The van der Waals surface area contributed by atoms with Crippen molar-refractivity contribution in [2.24, 2.45) is 5.92 Å². The minimum Gasteiger partial charge on any atom is -0.497 e. The Morgan fingerprint density at radius 3 is 2.62 bits per heavy atom. The lowest BCUT2D eigenvalue weighted by Crippen LogP contribution is -2.32. The number of nitrogens with zero attached hydrogens (tertiary/aromatic N) is 1. The molecule has 0 spiro atoms. The van der Waals surface area contributed by atoms with Crippen molar-refractivity contribution in [3.05, 3.63) is 59.7 Å². The minimum absolute atomic E-state index is 0.0574. The lowest BCUT2D eigenvalue weighted by atomic mass is 10.1. The normalized spacial score (nSPS) is 16.7. The summed E-state index contributed by atoms with van der Waals surface area (Å²) in [5.41, 5.74) is 0.881. The highest BCUT2D eigenvalue weighted by Crippen LogP contribution is 2.27. The number of methoxy groups -OCH3 is 1. The monoisotopic (exact) mass is 360 g/mol. The number of carbonyl (C=O) groups is 2. The highest BCUT2D eigenvalue weighted by Gasteiger charge is 2.35. The molecule has 1 heterocycles. The van der Waals surface area contributed by atoms with Gasteiger partial charge in [0, 0.05) is 36.8 Å². The van der Waals surface area contributed by atoms with E-state index in [1.165, 1.54) is 6.07 Å². The van der Waals surface area contributed by atoms with E-state index in [2.05, 4.69) is 5.32 Å². The van der Waals surface area contributed by atoms with E-state index in [0.717, 1.165) is 12.1 Å². The van der Waals surface area contributed by atoms with Crippen molar-refractivity contribution in [1.82, 2.24) is 5.32 Å². The highest BCUT2D eigenvalue weighted by atomic mass is 19.1. The number of nitrogens with one attached hydrogen (secondary N) is 1. The molecule has 0 aliphatic carbocycles. The Morgan fingerprint density at radius 2 is 1.96 bits per heavy atom. The zero-order valence-electron chi connectivity index (χ0n) is 14.2. The summed E-state index contributed by atoms with van der Waals surface area (Å²) in [4.78, 5) is 26.1.